The number of aryl methyl sites for hydroxylation is 2. The molecule has 1 aromatic carbocycles. The maximum Gasteiger partial charge on any atom is 0.128 e. The lowest BCUT2D eigenvalue weighted by molar-refractivity contribution is 0.720. The maximum absolute atomic E-state index is 6.22. The zero-order valence-corrected chi connectivity index (χ0v) is 11.9. The lowest BCUT2D eigenvalue weighted by Crippen LogP contribution is -2.16. The third-order valence-corrected chi connectivity index (χ3v) is 3.26. The molecule has 19 heavy (non-hydrogen) atoms. The highest BCUT2D eigenvalue weighted by atomic mass is 35.5. The van der Waals surface area contributed by atoms with Crippen molar-refractivity contribution in [2.45, 2.75) is 26.3 Å². The predicted octanol–water partition coefficient (Wildman–Crippen LogP) is 3.18. The Bertz CT molecular complexity index is 576. The van der Waals surface area contributed by atoms with Gasteiger partial charge in [0.05, 0.1) is 5.02 Å². The molecular weight excluding hydrogens is 258 g/mol. The van der Waals surface area contributed by atoms with Gasteiger partial charge in [-0.3, -0.25) is 0 Å². The number of benzene rings is 1. The van der Waals surface area contributed by atoms with Crippen LogP contribution in [0, 0.1) is 13.8 Å². The smallest absolute Gasteiger partial charge is 0.128 e. The average Bonchev–Trinajstić information content (AvgIpc) is 2.30. The number of halogens is 1. The number of hydrogen-bond donors (Lipinski definition) is 2. The first kappa shape index (κ1) is 13.8. The Hall–Kier alpha value is -1.58. The van der Waals surface area contributed by atoms with Gasteiger partial charge in [-0.25, -0.2) is 4.98 Å². The Labute approximate surface area is 118 Å². The summed E-state index contributed by atoms with van der Waals surface area (Å²) in [5, 5.41) is 0.556. The summed E-state index contributed by atoms with van der Waals surface area (Å²) in [6.07, 6.45) is 2.25. The Kier molecular flexibility index (Phi) is 4.08. The minimum absolute atomic E-state index is 0.201. The van der Waals surface area contributed by atoms with Crippen LogP contribution in [0.1, 0.15) is 28.3 Å². The SMILES string of the molecule is Cc1cc(C)cc(CC(N)c2cc(Cl)cnc2N)c1. The van der Waals surface area contributed by atoms with Crippen molar-refractivity contribution < 1.29 is 0 Å². The van der Waals surface area contributed by atoms with Crippen LogP contribution in [0.15, 0.2) is 30.5 Å². The molecule has 1 aromatic heterocycles. The minimum Gasteiger partial charge on any atom is -0.383 e. The van der Waals surface area contributed by atoms with Gasteiger partial charge in [-0.05, 0) is 31.9 Å². The van der Waals surface area contributed by atoms with Crippen molar-refractivity contribution in [1.29, 1.82) is 0 Å². The minimum atomic E-state index is -0.201. The Morgan fingerprint density at radius 1 is 1.16 bits per heavy atom. The molecular formula is C15H18ClN3. The van der Waals surface area contributed by atoms with Crippen molar-refractivity contribution in [2.75, 3.05) is 5.73 Å². The third kappa shape index (κ3) is 3.46. The lowest BCUT2D eigenvalue weighted by atomic mass is 9.97. The number of nitrogen functional groups attached to an aromatic ring is 1. The molecule has 1 atom stereocenters. The fraction of sp³-hybridized carbons (Fsp3) is 0.267. The number of aromatic nitrogens is 1. The lowest BCUT2D eigenvalue weighted by Gasteiger charge is -2.15. The molecule has 0 spiro atoms. The van der Waals surface area contributed by atoms with Gasteiger partial charge in [0.1, 0.15) is 5.82 Å². The summed E-state index contributed by atoms with van der Waals surface area (Å²) in [5.74, 6) is 0.446. The van der Waals surface area contributed by atoms with Crippen LogP contribution in [-0.4, -0.2) is 4.98 Å². The van der Waals surface area contributed by atoms with Crippen LogP contribution in [0.25, 0.3) is 0 Å². The Morgan fingerprint density at radius 2 is 1.79 bits per heavy atom. The highest BCUT2D eigenvalue weighted by Crippen LogP contribution is 2.24. The zero-order valence-electron chi connectivity index (χ0n) is 11.2. The zero-order chi connectivity index (χ0) is 14.0. The second kappa shape index (κ2) is 5.59. The number of rotatable bonds is 3. The van der Waals surface area contributed by atoms with E-state index in [0.717, 1.165) is 12.0 Å². The van der Waals surface area contributed by atoms with E-state index in [4.69, 9.17) is 23.1 Å². The average molecular weight is 276 g/mol. The van der Waals surface area contributed by atoms with E-state index in [2.05, 4.69) is 37.0 Å². The van der Waals surface area contributed by atoms with Crippen LogP contribution in [0.4, 0.5) is 5.82 Å². The Balaban J connectivity index is 2.25. The number of hydrogen-bond acceptors (Lipinski definition) is 3. The van der Waals surface area contributed by atoms with Crippen LogP contribution in [0.3, 0.4) is 0 Å². The second-order valence-corrected chi connectivity index (χ2v) is 5.37. The summed E-state index contributed by atoms with van der Waals surface area (Å²) < 4.78 is 0. The molecule has 4 heteroatoms. The molecule has 0 saturated heterocycles. The standard InChI is InChI=1S/C15H18ClN3/c1-9-3-10(2)5-11(4-9)6-14(17)13-7-12(16)8-19-15(13)18/h3-5,7-8,14H,6,17H2,1-2H3,(H2,18,19). The quantitative estimate of drug-likeness (QED) is 0.904. The van der Waals surface area contributed by atoms with Crippen molar-refractivity contribution in [2.24, 2.45) is 5.73 Å². The molecule has 0 saturated carbocycles. The van der Waals surface area contributed by atoms with Crippen LogP contribution in [0.2, 0.25) is 5.02 Å². The molecule has 0 aliphatic heterocycles. The van der Waals surface area contributed by atoms with Gasteiger partial charge in [-0.1, -0.05) is 40.9 Å². The van der Waals surface area contributed by atoms with Gasteiger partial charge in [0.25, 0.3) is 0 Å². The van der Waals surface area contributed by atoms with E-state index in [1.165, 1.54) is 22.9 Å². The van der Waals surface area contributed by atoms with Crippen LogP contribution in [0.5, 0.6) is 0 Å². The van der Waals surface area contributed by atoms with Gasteiger partial charge in [-0.15, -0.1) is 0 Å². The molecule has 0 bridgehead atoms. The first-order chi connectivity index (χ1) is 8.95. The maximum atomic E-state index is 6.22. The molecule has 2 rings (SSSR count). The van der Waals surface area contributed by atoms with E-state index in [-0.39, 0.29) is 6.04 Å². The largest absolute Gasteiger partial charge is 0.383 e. The van der Waals surface area contributed by atoms with Gasteiger partial charge in [0, 0.05) is 17.8 Å². The van der Waals surface area contributed by atoms with Gasteiger partial charge < -0.3 is 11.5 Å². The van der Waals surface area contributed by atoms with Gasteiger partial charge in [0.2, 0.25) is 0 Å². The fourth-order valence-corrected chi connectivity index (χ4v) is 2.48. The van der Waals surface area contributed by atoms with Gasteiger partial charge in [0.15, 0.2) is 0 Å². The molecule has 100 valence electrons. The summed E-state index contributed by atoms with van der Waals surface area (Å²) in [7, 11) is 0. The first-order valence-electron chi connectivity index (χ1n) is 6.19. The van der Waals surface area contributed by atoms with E-state index in [1.54, 1.807) is 6.07 Å². The predicted molar refractivity (Wildman–Crippen MR) is 80.2 cm³/mol. The normalized spacial score (nSPS) is 12.4. The van der Waals surface area contributed by atoms with Crippen LogP contribution < -0.4 is 11.5 Å². The topological polar surface area (TPSA) is 64.9 Å². The molecule has 4 N–H and O–H groups in total. The number of nitrogens with zero attached hydrogens (tertiary/aromatic N) is 1. The van der Waals surface area contributed by atoms with E-state index in [1.807, 2.05) is 0 Å². The van der Waals surface area contributed by atoms with Gasteiger partial charge >= 0.3 is 0 Å². The third-order valence-electron chi connectivity index (χ3n) is 3.05. The van der Waals surface area contributed by atoms with Crippen molar-refractivity contribution >= 4 is 17.4 Å². The molecule has 0 radical (unpaired) electrons. The number of anilines is 1. The molecule has 0 aliphatic carbocycles. The van der Waals surface area contributed by atoms with E-state index < -0.39 is 0 Å². The molecule has 0 fully saturated rings. The molecule has 0 aliphatic rings. The second-order valence-electron chi connectivity index (χ2n) is 4.93. The summed E-state index contributed by atoms with van der Waals surface area (Å²) >= 11 is 5.94. The van der Waals surface area contributed by atoms with Crippen LogP contribution in [-0.2, 0) is 6.42 Å². The van der Waals surface area contributed by atoms with E-state index in [9.17, 15) is 0 Å². The number of pyridine rings is 1. The van der Waals surface area contributed by atoms with Crippen molar-refractivity contribution in [1.82, 2.24) is 4.98 Å². The van der Waals surface area contributed by atoms with Crippen molar-refractivity contribution in [3.05, 3.63) is 57.7 Å². The van der Waals surface area contributed by atoms with Gasteiger partial charge in [-0.2, -0.15) is 0 Å². The van der Waals surface area contributed by atoms with E-state index >= 15 is 0 Å². The Morgan fingerprint density at radius 3 is 2.42 bits per heavy atom. The van der Waals surface area contributed by atoms with Crippen molar-refractivity contribution in [3.8, 4) is 0 Å². The summed E-state index contributed by atoms with van der Waals surface area (Å²) in [6, 6.07) is 8.01. The highest BCUT2D eigenvalue weighted by molar-refractivity contribution is 6.30. The fourth-order valence-electron chi connectivity index (χ4n) is 2.31. The summed E-state index contributed by atoms with van der Waals surface area (Å²) in [6.45, 7) is 4.16. The number of nitrogens with two attached hydrogens (primary N) is 2. The monoisotopic (exact) mass is 275 g/mol. The van der Waals surface area contributed by atoms with Crippen LogP contribution >= 0.6 is 11.6 Å². The molecule has 0 amide bonds. The molecule has 1 heterocycles. The summed E-state index contributed by atoms with van der Waals surface area (Å²) in [4.78, 5) is 4.04. The molecule has 2 aromatic rings. The van der Waals surface area contributed by atoms with Crippen molar-refractivity contribution in [3.63, 3.8) is 0 Å². The molecule has 3 nitrogen and oxygen atoms in total. The summed E-state index contributed by atoms with van der Waals surface area (Å²) in [5.41, 5.74) is 16.5. The van der Waals surface area contributed by atoms with E-state index in [0.29, 0.717) is 10.8 Å². The highest BCUT2D eigenvalue weighted by Gasteiger charge is 2.12. The first-order valence-corrected chi connectivity index (χ1v) is 6.57. The molecule has 1 unspecified atom stereocenters.